The zero-order valence-electron chi connectivity index (χ0n) is 9.60. The second-order valence-corrected chi connectivity index (χ2v) is 4.65. The predicted octanol–water partition coefficient (Wildman–Crippen LogP) is 1.47. The van der Waals surface area contributed by atoms with E-state index in [0.717, 1.165) is 31.7 Å². The predicted molar refractivity (Wildman–Crippen MR) is 65.9 cm³/mol. The Morgan fingerprint density at radius 2 is 2.31 bits per heavy atom. The number of aliphatic hydroxyl groups excluding tert-OH is 1. The lowest BCUT2D eigenvalue weighted by molar-refractivity contribution is 0.249. The molecule has 1 aliphatic heterocycles. The number of aliphatic hydroxyl groups is 1. The minimum absolute atomic E-state index is 0.316. The highest BCUT2D eigenvalue weighted by Crippen LogP contribution is 2.21. The van der Waals surface area contributed by atoms with E-state index in [-0.39, 0.29) is 0 Å². The molecule has 1 aromatic carbocycles. The van der Waals surface area contributed by atoms with Gasteiger partial charge in [0.2, 0.25) is 0 Å². The molecule has 0 bridgehead atoms. The standard InChI is InChI=1S/C13H20N2O/c14-13-3-1-2-12(8-13)10-15-6-4-11(9-15)5-7-16/h1-3,8,11,16H,4-7,9-10,14H2. The van der Waals surface area contributed by atoms with Gasteiger partial charge in [0.05, 0.1) is 0 Å². The summed E-state index contributed by atoms with van der Waals surface area (Å²) in [5.74, 6) is 0.672. The van der Waals surface area contributed by atoms with Crippen molar-refractivity contribution in [1.82, 2.24) is 4.90 Å². The van der Waals surface area contributed by atoms with Crippen molar-refractivity contribution in [2.45, 2.75) is 19.4 Å². The van der Waals surface area contributed by atoms with Crippen molar-refractivity contribution >= 4 is 5.69 Å². The molecule has 1 aliphatic rings. The van der Waals surface area contributed by atoms with Crippen LogP contribution in [-0.2, 0) is 6.54 Å². The fourth-order valence-corrected chi connectivity index (χ4v) is 2.42. The van der Waals surface area contributed by atoms with Crippen LogP contribution in [0.5, 0.6) is 0 Å². The van der Waals surface area contributed by atoms with E-state index in [1.807, 2.05) is 18.2 Å². The molecule has 1 saturated heterocycles. The van der Waals surface area contributed by atoms with E-state index in [0.29, 0.717) is 12.5 Å². The highest BCUT2D eigenvalue weighted by atomic mass is 16.3. The van der Waals surface area contributed by atoms with Crippen LogP contribution in [0.3, 0.4) is 0 Å². The van der Waals surface area contributed by atoms with Crippen LogP contribution in [-0.4, -0.2) is 29.7 Å². The number of benzene rings is 1. The second kappa shape index (κ2) is 5.32. The van der Waals surface area contributed by atoms with Crippen molar-refractivity contribution in [3.63, 3.8) is 0 Å². The van der Waals surface area contributed by atoms with E-state index in [4.69, 9.17) is 10.8 Å². The lowest BCUT2D eigenvalue weighted by atomic mass is 10.1. The van der Waals surface area contributed by atoms with Crippen molar-refractivity contribution in [2.24, 2.45) is 5.92 Å². The van der Waals surface area contributed by atoms with Crippen molar-refractivity contribution in [1.29, 1.82) is 0 Å². The monoisotopic (exact) mass is 220 g/mol. The van der Waals surface area contributed by atoms with Crippen molar-refractivity contribution in [2.75, 3.05) is 25.4 Å². The fraction of sp³-hybridized carbons (Fsp3) is 0.538. The number of hydrogen-bond donors (Lipinski definition) is 2. The Bertz CT molecular complexity index is 340. The van der Waals surface area contributed by atoms with Crippen LogP contribution in [0.15, 0.2) is 24.3 Å². The first-order chi connectivity index (χ1) is 7.78. The molecule has 0 saturated carbocycles. The molecule has 3 heteroatoms. The molecule has 0 aliphatic carbocycles. The average Bonchev–Trinajstić information content (AvgIpc) is 2.66. The van der Waals surface area contributed by atoms with Gasteiger partial charge in [-0.3, -0.25) is 4.90 Å². The number of rotatable bonds is 4. The van der Waals surface area contributed by atoms with Gasteiger partial charge in [-0.25, -0.2) is 0 Å². The van der Waals surface area contributed by atoms with Gasteiger partial charge in [-0.2, -0.15) is 0 Å². The molecule has 0 aromatic heterocycles. The smallest absolute Gasteiger partial charge is 0.0434 e. The lowest BCUT2D eigenvalue weighted by Crippen LogP contribution is -2.20. The Hall–Kier alpha value is -1.06. The average molecular weight is 220 g/mol. The van der Waals surface area contributed by atoms with Crippen LogP contribution < -0.4 is 5.73 Å². The van der Waals surface area contributed by atoms with E-state index in [2.05, 4.69) is 11.0 Å². The first-order valence-corrected chi connectivity index (χ1v) is 5.95. The Kier molecular flexibility index (Phi) is 3.80. The van der Waals surface area contributed by atoms with Crippen LogP contribution in [0, 0.1) is 5.92 Å². The maximum Gasteiger partial charge on any atom is 0.0434 e. The zero-order valence-corrected chi connectivity index (χ0v) is 9.60. The summed E-state index contributed by atoms with van der Waals surface area (Å²) in [6.07, 6.45) is 2.15. The third-order valence-corrected chi connectivity index (χ3v) is 3.26. The molecule has 88 valence electrons. The number of nitrogen functional groups attached to an aromatic ring is 1. The van der Waals surface area contributed by atoms with Crippen molar-refractivity contribution < 1.29 is 5.11 Å². The maximum absolute atomic E-state index is 8.90. The van der Waals surface area contributed by atoms with Crippen LogP contribution in [0.1, 0.15) is 18.4 Å². The SMILES string of the molecule is Nc1cccc(CN2CCC(CCO)C2)c1. The van der Waals surface area contributed by atoms with Crippen LogP contribution in [0.25, 0.3) is 0 Å². The second-order valence-electron chi connectivity index (χ2n) is 4.65. The summed E-state index contributed by atoms with van der Waals surface area (Å²) >= 11 is 0. The Morgan fingerprint density at radius 1 is 1.44 bits per heavy atom. The summed E-state index contributed by atoms with van der Waals surface area (Å²) in [6, 6.07) is 8.09. The minimum Gasteiger partial charge on any atom is -0.399 e. The summed E-state index contributed by atoms with van der Waals surface area (Å²) in [5, 5.41) is 8.90. The van der Waals surface area contributed by atoms with Crippen molar-refractivity contribution in [3.8, 4) is 0 Å². The molecular weight excluding hydrogens is 200 g/mol. The Morgan fingerprint density at radius 3 is 3.06 bits per heavy atom. The quantitative estimate of drug-likeness (QED) is 0.756. The van der Waals surface area contributed by atoms with E-state index in [1.54, 1.807) is 0 Å². The molecular formula is C13H20N2O. The molecule has 2 rings (SSSR count). The molecule has 3 N–H and O–H groups in total. The van der Waals surface area contributed by atoms with Gasteiger partial charge in [0, 0.05) is 25.4 Å². The number of likely N-dealkylation sites (tertiary alicyclic amines) is 1. The fourth-order valence-electron chi connectivity index (χ4n) is 2.42. The summed E-state index contributed by atoms with van der Waals surface area (Å²) in [7, 11) is 0. The number of anilines is 1. The van der Waals surface area contributed by atoms with Crippen LogP contribution >= 0.6 is 0 Å². The first kappa shape index (κ1) is 11.4. The molecule has 1 heterocycles. The Labute approximate surface area is 96.9 Å². The van der Waals surface area contributed by atoms with Gasteiger partial charge in [-0.1, -0.05) is 12.1 Å². The largest absolute Gasteiger partial charge is 0.399 e. The topological polar surface area (TPSA) is 49.5 Å². The highest BCUT2D eigenvalue weighted by molar-refractivity contribution is 5.40. The van der Waals surface area contributed by atoms with Gasteiger partial charge in [-0.15, -0.1) is 0 Å². The Balaban J connectivity index is 1.87. The molecule has 0 radical (unpaired) electrons. The van der Waals surface area contributed by atoms with E-state index in [9.17, 15) is 0 Å². The van der Waals surface area contributed by atoms with E-state index < -0.39 is 0 Å². The summed E-state index contributed by atoms with van der Waals surface area (Å²) < 4.78 is 0. The molecule has 1 unspecified atom stereocenters. The van der Waals surface area contributed by atoms with Crippen molar-refractivity contribution in [3.05, 3.63) is 29.8 Å². The number of nitrogens with two attached hydrogens (primary N) is 1. The van der Waals surface area contributed by atoms with Gasteiger partial charge in [0.25, 0.3) is 0 Å². The molecule has 16 heavy (non-hydrogen) atoms. The van der Waals surface area contributed by atoms with Crippen LogP contribution in [0.2, 0.25) is 0 Å². The molecule has 3 nitrogen and oxygen atoms in total. The molecule has 0 amide bonds. The summed E-state index contributed by atoms with van der Waals surface area (Å²) in [6.45, 7) is 3.54. The highest BCUT2D eigenvalue weighted by Gasteiger charge is 2.21. The summed E-state index contributed by atoms with van der Waals surface area (Å²) in [4.78, 5) is 2.44. The number of hydrogen-bond acceptors (Lipinski definition) is 3. The first-order valence-electron chi connectivity index (χ1n) is 5.95. The van der Waals surface area contributed by atoms with Gasteiger partial charge in [0.1, 0.15) is 0 Å². The molecule has 1 aromatic rings. The molecule has 1 fully saturated rings. The normalized spacial score (nSPS) is 21.4. The third kappa shape index (κ3) is 2.97. The van der Waals surface area contributed by atoms with E-state index in [1.165, 1.54) is 12.0 Å². The van der Waals surface area contributed by atoms with Gasteiger partial charge in [0.15, 0.2) is 0 Å². The van der Waals surface area contributed by atoms with Gasteiger partial charge < -0.3 is 10.8 Å². The third-order valence-electron chi connectivity index (χ3n) is 3.26. The molecule has 0 spiro atoms. The van der Waals surface area contributed by atoms with Gasteiger partial charge in [-0.05, 0) is 43.0 Å². The lowest BCUT2D eigenvalue weighted by Gasteiger charge is -2.16. The van der Waals surface area contributed by atoms with E-state index >= 15 is 0 Å². The summed E-state index contributed by atoms with van der Waals surface area (Å²) in [5.41, 5.74) is 7.88. The minimum atomic E-state index is 0.316. The molecule has 1 atom stereocenters. The van der Waals surface area contributed by atoms with Crippen LogP contribution in [0.4, 0.5) is 5.69 Å². The number of nitrogens with zero attached hydrogens (tertiary/aromatic N) is 1. The van der Waals surface area contributed by atoms with Gasteiger partial charge >= 0.3 is 0 Å². The zero-order chi connectivity index (χ0) is 11.4. The maximum atomic E-state index is 8.90.